The van der Waals surface area contributed by atoms with E-state index >= 15 is 0 Å². The molecule has 1 aliphatic rings. The van der Waals surface area contributed by atoms with Crippen molar-refractivity contribution < 1.29 is 9.53 Å². The number of carbonyl (C=O) groups excluding carboxylic acids is 1. The number of carbonyl (C=O) groups is 1. The minimum atomic E-state index is -0.423. The lowest BCUT2D eigenvalue weighted by molar-refractivity contribution is 0.0105. The van der Waals surface area contributed by atoms with Crippen LogP contribution in [0.25, 0.3) is 0 Å². The minimum Gasteiger partial charge on any atom is -0.444 e. The minimum absolute atomic E-state index is 0.187. The lowest BCUT2D eigenvalue weighted by atomic mass is 10.1. The standard InChI is InChI=1S/C13H27N3O2/c1-13(2,3)18-12(17)16-9-7-14-10-11(16)6-8-15(4)5/h11,14H,6-10H2,1-5H3. The third-order valence-electron chi connectivity index (χ3n) is 2.89. The van der Waals surface area contributed by atoms with Gasteiger partial charge in [0.05, 0.1) is 0 Å². The van der Waals surface area contributed by atoms with Crippen LogP contribution in [0.3, 0.4) is 0 Å². The topological polar surface area (TPSA) is 44.8 Å². The number of hydrogen-bond acceptors (Lipinski definition) is 4. The number of piperazine rings is 1. The van der Waals surface area contributed by atoms with Gasteiger partial charge in [0, 0.05) is 25.7 Å². The second-order valence-electron chi connectivity index (χ2n) is 6.12. The SMILES string of the molecule is CN(C)CCC1CNCCN1C(=O)OC(C)(C)C. The molecule has 0 aromatic rings. The van der Waals surface area contributed by atoms with Gasteiger partial charge in [-0.25, -0.2) is 4.79 Å². The third-order valence-corrected chi connectivity index (χ3v) is 2.89. The molecular formula is C13H27N3O2. The van der Waals surface area contributed by atoms with Crippen LogP contribution in [0.4, 0.5) is 4.79 Å². The summed E-state index contributed by atoms with van der Waals surface area (Å²) in [5.41, 5.74) is -0.423. The third kappa shape index (κ3) is 5.23. The van der Waals surface area contributed by atoms with Gasteiger partial charge in [0.1, 0.15) is 5.60 Å². The highest BCUT2D eigenvalue weighted by Crippen LogP contribution is 2.15. The molecule has 1 atom stereocenters. The Bertz CT molecular complexity index is 274. The van der Waals surface area contributed by atoms with Crippen LogP contribution in [0.15, 0.2) is 0 Å². The van der Waals surface area contributed by atoms with E-state index in [-0.39, 0.29) is 12.1 Å². The van der Waals surface area contributed by atoms with E-state index in [0.717, 1.165) is 32.6 Å². The molecule has 5 nitrogen and oxygen atoms in total. The number of hydrogen-bond donors (Lipinski definition) is 1. The molecule has 0 bridgehead atoms. The summed E-state index contributed by atoms with van der Waals surface area (Å²) in [5.74, 6) is 0. The van der Waals surface area contributed by atoms with Gasteiger partial charge >= 0.3 is 6.09 Å². The van der Waals surface area contributed by atoms with Crippen LogP contribution < -0.4 is 5.32 Å². The zero-order valence-electron chi connectivity index (χ0n) is 12.3. The zero-order valence-corrected chi connectivity index (χ0v) is 12.3. The van der Waals surface area contributed by atoms with Gasteiger partial charge in [-0.3, -0.25) is 0 Å². The molecule has 0 aliphatic carbocycles. The van der Waals surface area contributed by atoms with Crippen LogP contribution in [0, 0.1) is 0 Å². The van der Waals surface area contributed by atoms with Gasteiger partial charge in [0.25, 0.3) is 0 Å². The second kappa shape index (κ2) is 6.38. The Hall–Kier alpha value is -0.810. The predicted octanol–water partition coefficient (Wildman–Crippen LogP) is 1.15. The molecule has 1 aliphatic heterocycles. The number of nitrogens with zero attached hydrogens (tertiary/aromatic N) is 2. The van der Waals surface area contributed by atoms with Crippen molar-refractivity contribution in [1.82, 2.24) is 15.1 Å². The molecule has 18 heavy (non-hydrogen) atoms. The molecule has 0 aromatic heterocycles. The number of rotatable bonds is 3. The van der Waals surface area contributed by atoms with Crippen molar-refractivity contribution in [2.24, 2.45) is 0 Å². The van der Waals surface area contributed by atoms with Crippen molar-refractivity contribution in [2.75, 3.05) is 40.3 Å². The zero-order chi connectivity index (χ0) is 13.8. The van der Waals surface area contributed by atoms with Crippen LogP contribution >= 0.6 is 0 Å². The molecule has 1 heterocycles. The van der Waals surface area contributed by atoms with Gasteiger partial charge < -0.3 is 19.9 Å². The van der Waals surface area contributed by atoms with E-state index in [0.29, 0.717) is 0 Å². The molecule has 0 aromatic carbocycles. The average Bonchev–Trinajstić information content (AvgIpc) is 2.24. The Kier molecular flexibility index (Phi) is 5.41. The van der Waals surface area contributed by atoms with Crippen LogP contribution in [0.1, 0.15) is 27.2 Å². The van der Waals surface area contributed by atoms with E-state index in [4.69, 9.17) is 4.74 Å². The first-order valence-electron chi connectivity index (χ1n) is 6.64. The van der Waals surface area contributed by atoms with Gasteiger partial charge in [-0.15, -0.1) is 0 Å². The monoisotopic (exact) mass is 257 g/mol. The Morgan fingerprint density at radius 3 is 2.67 bits per heavy atom. The molecule has 0 radical (unpaired) electrons. The maximum Gasteiger partial charge on any atom is 0.410 e. The van der Waals surface area contributed by atoms with Crippen molar-refractivity contribution in [3.8, 4) is 0 Å². The van der Waals surface area contributed by atoms with Crippen LogP contribution in [0.2, 0.25) is 0 Å². The van der Waals surface area contributed by atoms with Crippen molar-refractivity contribution in [2.45, 2.75) is 38.8 Å². The highest BCUT2D eigenvalue weighted by Gasteiger charge is 2.29. The first-order valence-corrected chi connectivity index (χ1v) is 6.64. The summed E-state index contributed by atoms with van der Waals surface area (Å²) < 4.78 is 5.46. The maximum absolute atomic E-state index is 12.1. The quantitative estimate of drug-likeness (QED) is 0.824. The smallest absolute Gasteiger partial charge is 0.410 e. The average molecular weight is 257 g/mol. The van der Waals surface area contributed by atoms with E-state index < -0.39 is 5.60 Å². The van der Waals surface area contributed by atoms with Gasteiger partial charge in [0.2, 0.25) is 0 Å². The molecule has 1 fully saturated rings. The fourth-order valence-electron chi connectivity index (χ4n) is 1.99. The second-order valence-corrected chi connectivity index (χ2v) is 6.12. The highest BCUT2D eigenvalue weighted by atomic mass is 16.6. The Morgan fingerprint density at radius 1 is 1.44 bits per heavy atom. The number of nitrogens with one attached hydrogen (secondary N) is 1. The summed E-state index contributed by atoms with van der Waals surface area (Å²) in [5, 5.41) is 3.34. The normalized spacial score (nSPS) is 21.2. The van der Waals surface area contributed by atoms with Crippen LogP contribution in [0.5, 0.6) is 0 Å². The van der Waals surface area contributed by atoms with Crippen molar-refractivity contribution >= 4 is 6.09 Å². The lowest BCUT2D eigenvalue weighted by Gasteiger charge is -2.37. The predicted molar refractivity (Wildman–Crippen MR) is 72.8 cm³/mol. The summed E-state index contributed by atoms with van der Waals surface area (Å²) in [4.78, 5) is 16.1. The fourth-order valence-corrected chi connectivity index (χ4v) is 1.99. The van der Waals surface area contributed by atoms with Gasteiger partial charge in [-0.05, 0) is 47.8 Å². The molecule has 1 unspecified atom stereocenters. The molecule has 5 heteroatoms. The van der Waals surface area contributed by atoms with E-state index in [1.807, 2.05) is 39.8 Å². The molecule has 0 saturated carbocycles. The van der Waals surface area contributed by atoms with Crippen LogP contribution in [-0.2, 0) is 4.74 Å². The number of ether oxygens (including phenoxy) is 1. The highest BCUT2D eigenvalue weighted by molar-refractivity contribution is 5.68. The van der Waals surface area contributed by atoms with Gasteiger partial charge in [-0.1, -0.05) is 0 Å². The molecule has 106 valence electrons. The fraction of sp³-hybridized carbons (Fsp3) is 0.923. The van der Waals surface area contributed by atoms with Gasteiger partial charge in [-0.2, -0.15) is 0 Å². The summed E-state index contributed by atoms with van der Waals surface area (Å²) in [6.07, 6.45) is 0.784. The molecular weight excluding hydrogens is 230 g/mol. The van der Waals surface area contributed by atoms with Crippen molar-refractivity contribution in [3.05, 3.63) is 0 Å². The first kappa shape index (κ1) is 15.2. The first-order chi connectivity index (χ1) is 8.29. The molecule has 1 saturated heterocycles. The Morgan fingerprint density at radius 2 is 2.11 bits per heavy atom. The van der Waals surface area contributed by atoms with Crippen LogP contribution in [-0.4, -0.2) is 67.8 Å². The Labute approximate surface area is 110 Å². The summed E-state index contributed by atoms with van der Waals surface area (Å²) in [6, 6.07) is 0.232. The van der Waals surface area contributed by atoms with E-state index in [2.05, 4.69) is 10.2 Å². The van der Waals surface area contributed by atoms with E-state index in [1.165, 1.54) is 0 Å². The molecule has 1 amide bonds. The van der Waals surface area contributed by atoms with E-state index in [1.54, 1.807) is 0 Å². The molecule has 1 N–H and O–H groups in total. The van der Waals surface area contributed by atoms with Gasteiger partial charge in [0.15, 0.2) is 0 Å². The summed E-state index contributed by atoms with van der Waals surface area (Å²) in [7, 11) is 4.10. The Balaban J connectivity index is 2.55. The number of amides is 1. The lowest BCUT2D eigenvalue weighted by Crippen LogP contribution is -2.55. The molecule has 0 spiro atoms. The maximum atomic E-state index is 12.1. The largest absolute Gasteiger partial charge is 0.444 e. The van der Waals surface area contributed by atoms with E-state index in [9.17, 15) is 4.79 Å². The molecule has 1 rings (SSSR count). The summed E-state index contributed by atoms with van der Waals surface area (Å²) >= 11 is 0. The van der Waals surface area contributed by atoms with Crippen molar-refractivity contribution in [1.29, 1.82) is 0 Å². The van der Waals surface area contributed by atoms with Crippen molar-refractivity contribution in [3.63, 3.8) is 0 Å². The summed E-state index contributed by atoms with van der Waals surface area (Å²) in [6.45, 7) is 9.12.